The number of nitrogens with one attached hydrogen (secondary N) is 1. The summed E-state index contributed by atoms with van der Waals surface area (Å²) in [5.41, 5.74) is 0. The topological polar surface area (TPSA) is 189 Å². The largest absolute Gasteiger partial charge is 0.394 e. The van der Waals surface area contributed by atoms with Crippen molar-refractivity contribution < 1.29 is 50.0 Å². The van der Waals surface area contributed by atoms with E-state index in [0.717, 1.165) is 44.9 Å². The van der Waals surface area contributed by atoms with E-state index in [1.54, 1.807) is 0 Å². The summed E-state index contributed by atoms with van der Waals surface area (Å²) in [7, 11) is 0. The van der Waals surface area contributed by atoms with Gasteiger partial charge >= 0.3 is 0 Å². The van der Waals surface area contributed by atoms with Gasteiger partial charge in [0.05, 0.1) is 25.4 Å². The van der Waals surface area contributed by atoms with Crippen LogP contribution in [0.5, 0.6) is 0 Å². The lowest BCUT2D eigenvalue weighted by Gasteiger charge is -2.40. The van der Waals surface area contributed by atoms with E-state index in [-0.39, 0.29) is 12.8 Å². The molecule has 1 aliphatic rings. The van der Waals surface area contributed by atoms with Gasteiger partial charge in [0.2, 0.25) is 5.91 Å². The van der Waals surface area contributed by atoms with Crippen LogP contribution in [-0.2, 0) is 14.3 Å². The Balaban J connectivity index is 2.27. The third-order valence-corrected chi connectivity index (χ3v) is 15.4. The van der Waals surface area contributed by atoms with Gasteiger partial charge in [-0.3, -0.25) is 4.79 Å². The highest BCUT2D eigenvalue weighted by atomic mass is 16.7. The molecule has 0 aromatic carbocycles. The van der Waals surface area contributed by atoms with Crippen molar-refractivity contribution in [3.05, 3.63) is 36.5 Å². The van der Waals surface area contributed by atoms with Gasteiger partial charge < -0.3 is 50.5 Å². The second-order valence-electron chi connectivity index (χ2n) is 22.5. The third-order valence-electron chi connectivity index (χ3n) is 15.4. The SMILES string of the molecule is CCCCCCCCCCCCCCCCCCCC/C=C/CC/C=C/CC/C=C/CCCC(O)C(O)C(COC1OC(CO)C(O)C(O)C1O)NC(=O)C(O)CCCCCCCCCCCCCCCCCCC. The average molecular weight is 1060 g/mol. The molecule has 8 N–H and O–H groups in total. The minimum Gasteiger partial charge on any atom is -0.394 e. The van der Waals surface area contributed by atoms with Crippen LogP contribution in [0.2, 0.25) is 0 Å². The van der Waals surface area contributed by atoms with Gasteiger partial charge in [-0.05, 0) is 64.2 Å². The number of amides is 1. The molecule has 1 saturated heterocycles. The number of carbonyl (C=O) groups is 1. The second kappa shape index (κ2) is 53.0. The Bertz CT molecular complexity index is 1310. The highest BCUT2D eigenvalue weighted by Gasteiger charge is 2.44. The summed E-state index contributed by atoms with van der Waals surface area (Å²) in [6, 6.07) is -1.19. The minimum atomic E-state index is -1.67. The fourth-order valence-electron chi connectivity index (χ4n) is 10.2. The lowest BCUT2D eigenvalue weighted by Crippen LogP contribution is -2.60. The van der Waals surface area contributed by atoms with Crippen molar-refractivity contribution in [3.63, 3.8) is 0 Å². The molecule has 0 saturated carbocycles. The van der Waals surface area contributed by atoms with E-state index in [1.165, 1.54) is 205 Å². The summed E-state index contributed by atoms with van der Waals surface area (Å²) in [4.78, 5) is 13.2. The predicted molar refractivity (Wildman–Crippen MR) is 312 cm³/mol. The van der Waals surface area contributed by atoms with Crippen LogP contribution in [-0.4, -0.2) is 110 Å². The molecule has 0 bridgehead atoms. The molecule has 1 amide bonds. The predicted octanol–water partition coefficient (Wildman–Crippen LogP) is 14.2. The molecule has 11 nitrogen and oxygen atoms in total. The van der Waals surface area contributed by atoms with Crippen LogP contribution in [0.1, 0.15) is 296 Å². The molecule has 442 valence electrons. The number of ether oxygens (including phenoxy) is 2. The van der Waals surface area contributed by atoms with E-state index in [2.05, 4.69) is 55.6 Å². The van der Waals surface area contributed by atoms with Crippen LogP contribution in [0, 0.1) is 0 Å². The smallest absolute Gasteiger partial charge is 0.249 e. The number of rotatable bonds is 55. The maximum absolute atomic E-state index is 13.2. The first-order valence-corrected chi connectivity index (χ1v) is 31.9. The molecule has 1 fully saturated rings. The summed E-state index contributed by atoms with van der Waals surface area (Å²) in [5, 5.41) is 76.2. The molecule has 1 rings (SSSR count). The highest BCUT2D eigenvalue weighted by Crippen LogP contribution is 2.23. The molecule has 1 heterocycles. The summed E-state index contributed by atoms with van der Waals surface area (Å²) < 4.78 is 11.1. The lowest BCUT2D eigenvalue weighted by molar-refractivity contribution is -0.303. The molecule has 0 aliphatic carbocycles. The van der Waals surface area contributed by atoms with Crippen molar-refractivity contribution in [3.8, 4) is 0 Å². The number of carbonyl (C=O) groups excluding carboxylic acids is 1. The van der Waals surface area contributed by atoms with Crippen molar-refractivity contribution in [1.82, 2.24) is 5.32 Å². The van der Waals surface area contributed by atoms with Gasteiger partial charge in [-0.15, -0.1) is 0 Å². The molecule has 75 heavy (non-hydrogen) atoms. The Labute approximate surface area is 460 Å². The lowest BCUT2D eigenvalue weighted by atomic mass is 9.98. The van der Waals surface area contributed by atoms with Gasteiger partial charge in [-0.1, -0.05) is 269 Å². The summed E-state index contributed by atoms with van der Waals surface area (Å²) in [5.74, 6) is -0.709. The van der Waals surface area contributed by atoms with Crippen LogP contribution in [0.25, 0.3) is 0 Å². The zero-order chi connectivity index (χ0) is 54.7. The first-order valence-electron chi connectivity index (χ1n) is 31.9. The monoisotopic (exact) mass is 1060 g/mol. The van der Waals surface area contributed by atoms with Crippen LogP contribution in [0.4, 0.5) is 0 Å². The normalized spacial score (nSPS) is 19.9. The fourth-order valence-corrected chi connectivity index (χ4v) is 10.2. The van der Waals surface area contributed by atoms with Crippen LogP contribution in [0.3, 0.4) is 0 Å². The van der Waals surface area contributed by atoms with Crippen LogP contribution in [0.15, 0.2) is 36.5 Å². The van der Waals surface area contributed by atoms with Crippen molar-refractivity contribution in [1.29, 1.82) is 0 Å². The van der Waals surface area contributed by atoms with Crippen molar-refractivity contribution in [2.75, 3.05) is 13.2 Å². The molecule has 9 unspecified atom stereocenters. The number of allylic oxidation sites excluding steroid dienone is 6. The first kappa shape index (κ1) is 71.3. The quantitative estimate of drug-likeness (QED) is 0.0215. The molecule has 1 aliphatic heterocycles. The molecular weight excluding hydrogens is 943 g/mol. The van der Waals surface area contributed by atoms with E-state index in [0.29, 0.717) is 19.3 Å². The van der Waals surface area contributed by atoms with Gasteiger partial charge in [0.15, 0.2) is 6.29 Å². The molecular formula is C64H121NO10. The van der Waals surface area contributed by atoms with Crippen LogP contribution < -0.4 is 5.32 Å². The van der Waals surface area contributed by atoms with Crippen LogP contribution >= 0.6 is 0 Å². The third kappa shape index (κ3) is 41.1. The summed E-state index contributed by atoms with van der Waals surface area (Å²) >= 11 is 0. The van der Waals surface area contributed by atoms with Gasteiger partial charge in [0.1, 0.15) is 36.6 Å². The van der Waals surface area contributed by atoms with E-state index >= 15 is 0 Å². The van der Waals surface area contributed by atoms with Crippen molar-refractivity contribution in [2.45, 2.75) is 351 Å². The van der Waals surface area contributed by atoms with E-state index < -0.39 is 74.2 Å². The Morgan fingerprint density at radius 3 is 1.19 bits per heavy atom. The molecule has 0 spiro atoms. The Kier molecular flexibility index (Phi) is 50.4. The first-order chi connectivity index (χ1) is 36.7. The van der Waals surface area contributed by atoms with Crippen molar-refractivity contribution >= 4 is 5.91 Å². The fraction of sp³-hybridized carbons (Fsp3) is 0.891. The molecule has 0 aromatic rings. The molecule has 9 atom stereocenters. The number of hydrogen-bond donors (Lipinski definition) is 8. The maximum Gasteiger partial charge on any atom is 0.249 e. The average Bonchev–Trinajstić information content (AvgIpc) is 3.41. The number of unbranched alkanes of at least 4 members (excludes halogenated alkanes) is 37. The summed E-state index contributed by atoms with van der Waals surface area (Å²) in [6.45, 7) is 3.47. The number of hydrogen-bond acceptors (Lipinski definition) is 10. The minimum absolute atomic E-state index is 0.243. The molecule has 11 heteroatoms. The van der Waals surface area contributed by atoms with E-state index in [1.807, 2.05) is 0 Å². The zero-order valence-electron chi connectivity index (χ0n) is 48.5. The number of aliphatic hydroxyl groups excluding tert-OH is 7. The molecule has 0 aromatic heterocycles. The second-order valence-corrected chi connectivity index (χ2v) is 22.5. The van der Waals surface area contributed by atoms with Gasteiger partial charge in [0.25, 0.3) is 0 Å². The Hall–Kier alpha value is -1.67. The van der Waals surface area contributed by atoms with Gasteiger partial charge in [-0.2, -0.15) is 0 Å². The Morgan fingerprint density at radius 1 is 0.453 bits per heavy atom. The van der Waals surface area contributed by atoms with Gasteiger partial charge in [-0.25, -0.2) is 0 Å². The summed E-state index contributed by atoms with van der Waals surface area (Å²) in [6.07, 6.45) is 55.1. The Morgan fingerprint density at radius 2 is 0.800 bits per heavy atom. The van der Waals surface area contributed by atoms with Gasteiger partial charge in [0, 0.05) is 0 Å². The highest BCUT2D eigenvalue weighted by molar-refractivity contribution is 5.80. The van der Waals surface area contributed by atoms with Crippen molar-refractivity contribution in [2.24, 2.45) is 0 Å². The standard InChI is InChI=1S/C64H121NO10/c1-3-5-7-9-11-13-15-17-19-21-22-23-24-25-26-27-28-29-30-31-32-33-34-36-37-39-41-43-45-47-49-51-56(67)59(69)55(54-74-64-62(72)61(71)60(70)58(53-66)75-64)65-63(73)57(68)52-50-48-46-44-42-40-38-35-20-18-16-14-12-10-8-6-4-2/h31-32,36-37,43,45,55-62,64,66-72H,3-30,33-35,38-42,44,46-54H2,1-2H3,(H,65,73)/b32-31+,37-36+,45-43+. The number of aliphatic hydroxyl groups is 7. The van der Waals surface area contributed by atoms with E-state index in [4.69, 9.17) is 9.47 Å². The zero-order valence-corrected chi connectivity index (χ0v) is 48.5. The van der Waals surface area contributed by atoms with E-state index in [9.17, 15) is 40.5 Å². The maximum atomic E-state index is 13.2. The molecule has 0 radical (unpaired) electrons.